The normalized spacial score (nSPS) is 12.3. The van der Waals surface area contributed by atoms with Crippen LogP contribution in [0.4, 0.5) is 0 Å². The molecule has 4 nitrogen and oxygen atoms in total. The molecule has 2 aromatic rings. The summed E-state index contributed by atoms with van der Waals surface area (Å²) in [6.07, 6.45) is 3.59. The van der Waals surface area contributed by atoms with Crippen LogP contribution in [0.3, 0.4) is 0 Å². The molecule has 0 aliphatic rings. The van der Waals surface area contributed by atoms with Gasteiger partial charge in [-0.1, -0.05) is 44.2 Å². The van der Waals surface area contributed by atoms with Crippen LogP contribution in [0.15, 0.2) is 53.1 Å². The fourth-order valence-electron chi connectivity index (χ4n) is 2.55. The number of quaternary nitrogens is 1. The zero-order chi connectivity index (χ0) is 15.8. The second-order valence-electron chi connectivity index (χ2n) is 5.42. The maximum Gasteiger partial charge on any atom is 0.275 e. The Balaban J connectivity index is 2.01. The molecule has 2 rings (SSSR count). The molecule has 0 spiro atoms. The Labute approximate surface area is 131 Å². The highest BCUT2D eigenvalue weighted by atomic mass is 16.3. The Morgan fingerprint density at radius 3 is 2.45 bits per heavy atom. The highest BCUT2D eigenvalue weighted by Gasteiger charge is 2.21. The quantitative estimate of drug-likeness (QED) is 0.785. The Morgan fingerprint density at radius 1 is 1.14 bits per heavy atom. The van der Waals surface area contributed by atoms with Crippen molar-refractivity contribution >= 4 is 5.91 Å². The van der Waals surface area contributed by atoms with Gasteiger partial charge in [0.05, 0.1) is 6.26 Å². The minimum Gasteiger partial charge on any atom is -0.463 e. The van der Waals surface area contributed by atoms with Crippen LogP contribution >= 0.6 is 0 Å². The van der Waals surface area contributed by atoms with Gasteiger partial charge in [0.15, 0.2) is 18.3 Å². The number of benzene rings is 1. The van der Waals surface area contributed by atoms with Crippen molar-refractivity contribution in [2.24, 2.45) is 0 Å². The van der Waals surface area contributed by atoms with E-state index in [1.54, 1.807) is 6.26 Å². The first-order valence-corrected chi connectivity index (χ1v) is 7.95. The predicted octanol–water partition coefficient (Wildman–Crippen LogP) is 2.24. The van der Waals surface area contributed by atoms with Crippen molar-refractivity contribution in [1.82, 2.24) is 5.32 Å². The first-order valence-electron chi connectivity index (χ1n) is 7.95. The van der Waals surface area contributed by atoms with E-state index in [-0.39, 0.29) is 18.0 Å². The van der Waals surface area contributed by atoms with Gasteiger partial charge in [-0.25, -0.2) is 0 Å². The lowest BCUT2D eigenvalue weighted by Crippen LogP contribution is -2.87. The summed E-state index contributed by atoms with van der Waals surface area (Å²) in [6, 6.07) is 14.2. The molecular weight excluding hydrogens is 276 g/mol. The van der Waals surface area contributed by atoms with Crippen LogP contribution in [0.1, 0.15) is 44.1 Å². The van der Waals surface area contributed by atoms with Gasteiger partial charge >= 0.3 is 0 Å². The molecule has 1 aromatic heterocycles. The molecule has 3 N–H and O–H groups in total. The van der Waals surface area contributed by atoms with Crippen LogP contribution in [-0.2, 0) is 4.79 Å². The van der Waals surface area contributed by atoms with Gasteiger partial charge in [0.1, 0.15) is 0 Å². The van der Waals surface area contributed by atoms with Gasteiger partial charge in [-0.05, 0) is 25.0 Å². The molecule has 0 aliphatic heterocycles. The summed E-state index contributed by atoms with van der Waals surface area (Å²) in [4.78, 5) is 12.1. The molecule has 118 valence electrons. The lowest BCUT2D eigenvalue weighted by atomic mass is 10.0. The van der Waals surface area contributed by atoms with Crippen molar-refractivity contribution in [2.45, 2.75) is 38.8 Å². The molecule has 0 fully saturated rings. The number of nitrogens with one attached hydrogen (secondary N) is 1. The molecule has 0 aliphatic carbocycles. The van der Waals surface area contributed by atoms with Crippen LogP contribution in [0, 0.1) is 0 Å². The van der Waals surface area contributed by atoms with Crippen molar-refractivity contribution in [3.8, 4) is 0 Å². The van der Waals surface area contributed by atoms with E-state index in [9.17, 15) is 4.79 Å². The SMILES string of the molecule is CCC(CC)NC(=O)C[NH2+][C@H](c1ccccc1)c1ccco1. The Bertz CT molecular complexity index is 548. The summed E-state index contributed by atoms with van der Waals surface area (Å²) in [6.45, 7) is 4.57. The van der Waals surface area contributed by atoms with Gasteiger partial charge in [-0.2, -0.15) is 0 Å². The van der Waals surface area contributed by atoms with Crippen LogP contribution in [0.5, 0.6) is 0 Å². The maximum absolute atomic E-state index is 12.1. The number of rotatable bonds is 8. The minimum atomic E-state index is 0.00338. The summed E-state index contributed by atoms with van der Waals surface area (Å²) in [5, 5.41) is 5.09. The average molecular weight is 301 g/mol. The van der Waals surface area contributed by atoms with Crippen LogP contribution in [0.25, 0.3) is 0 Å². The lowest BCUT2D eigenvalue weighted by molar-refractivity contribution is -0.678. The highest BCUT2D eigenvalue weighted by Crippen LogP contribution is 2.18. The van der Waals surface area contributed by atoms with Crippen molar-refractivity contribution in [2.75, 3.05) is 6.54 Å². The summed E-state index contributed by atoms with van der Waals surface area (Å²) < 4.78 is 5.54. The maximum atomic E-state index is 12.1. The molecular formula is C18H25N2O2+. The summed E-state index contributed by atoms with van der Waals surface area (Å²) in [5.74, 6) is 0.933. The molecule has 1 heterocycles. The van der Waals surface area contributed by atoms with Gasteiger partial charge in [-0.3, -0.25) is 4.79 Å². The van der Waals surface area contributed by atoms with Crippen LogP contribution in [-0.4, -0.2) is 18.5 Å². The number of hydrogen-bond donors (Lipinski definition) is 2. The predicted molar refractivity (Wildman–Crippen MR) is 86.3 cm³/mol. The summed E-state index contributed by atoms with van der Waals surface area (Å²) in [5.41, 5.74) is 1.13. The molecule has 0 radical (unpaired) electrons. The number of nitrogens with two attached hydrogens (primary N) is 1. The number of carbonyl (C=O) groups excluding carboxylic acids is 1. The van der Waals surface area contributed by atoms with Crippen LogP contribution in [0.2, 0.25) is 0 Å². The second kappa shape index (κ2) is 8.39. The smallest absolute Gasteiger partial charge is 0.275 e. The van der Waals surface area contributed by atoms with Gasteiger partial charge in [0.25, 0.3) is 5.91 Å². The molecule has 0 saturated heterocycles. The fraction of sp³-hybridized carbons (Fsp3) is 0.389. The molecule has 0 saturated carbocycles. The summed E-state index contributed by atoms with van der Waals surface area (Å²) >= 11 is 0. The lowest BCUT2D eigenvalue weighted by Gasteiger charge is -2.16. The number of carbonyl (C=O) groups is 1. The molecule has 1 aromatic carbocycles. The Kier molecular flexibility index (Phi) is 6.22. The highest BCUT2D eigenvalue weighted by molar-refractivity contribution is 5.77. The van der Waals surface area contributed by atoms with Crippen molar-refractivity contribution < 1.29 is 14.5 Å². The van der Waals surface area contributed by atoms with Crippen molar-refractivity contribution in [3.05, 3.63) is 60.1 Å². The molecule has 1 amide bonds. The Morgan fingerprint density at radius 2 is 1.86 bits per heavy atom. The Hall–Kier alpha value is -2.07. The van der Waals surface area contributed by atoms with Gasteiger partial charge in [0.2, 0.25) is 0 Å². The van der Waals surface area contributed by atoms with Crippen molar-refractivity contribution in [1.29, 1.82) is 0 Å². The molecule has 0 unspecified atom stereocenters. The van der Waals surface area contributed by atoms with E-state index in [1.807, 2.05) is 35.6 Å². The van der Waals surface area contributed by atoms with E-state index >= 15 is 0 Å². The van der Waals surface area contributed by atoms with Crippen LogP contribution < -0.4 is 10.6 Å². The molecule has 1 atom stereocenters. The third kappa shape index (κ3) is 4.46. The second-order valence-corrected chi connectivity index (χ2v) is 5.42. The molecule has 4 heteroatoms. The number of furan rings is 1. The van der Waals surface area contributed by atoms with Gasteiger partial charge < -0.3 is 15.1 Å². The standard InChI is InChI=1S/C18H24N2O2/c1-3-15(4-2)20-17(21)13-19-18(16-11-8-12-22-16)14-9-6-5-7-10-14/h5-12,15,18-19H,3-4,13H2,1-2H3,(H,20,21)/p+1/t18-/m1/s1. The van der Waals surface area contributed by atoms with E-state index in [0.717, 1.165) is 24.2 Å². The van der Waals surface area contributed by atoms with Gasteiger partial charge in [-0.15, -0.1) is 0 Å². The van der Waals surface area contributed by atoms with Crippen molar-refractivity contribution in [3.63, 3.8) is 0 Å². The molecule has 22 heavy (non-hydrogen) atoms. The third-order valence-corrected chi connectivity index (χ3v) is 3.90. The van der Waals surface area contributed by atoms with E-state index in [1.165, 1.54) is 0 Å². The number of hydrogen-bond acceptors (Lipinski definition) is 2. The van der Waals surface area contributed by atoms with Gasteiger partial charge in [0, 0.05) is 11.6 Å². The zero-order valence-corrected chi connectivity index (χ0v) is 13.3. The fourth-order valence-corrected chi connectivity index (χ4v) is 2.55. The van der Waals surface area contributed by atoms with E-state index in [4.69, 9.17) is 4.42 Å². The first kappa shape index (κ1) is 16.3. The average Bonchev–Trinajstić information content (AvgIpc) is 3.08. The van der Waals surface area contributed by atoms with E-state index in [2.05, 4.69) is 31.3 Å². The largest absolute Gasteiger partial charge is 0.463 e. The first-order chi connectivity index (χ1) is 10.7. The third-order valence-electron chi connectivity index (χ3n) is 3.90. The monoisotopic (exact) mass is 301 g/mol. The topological polar surface area (TPSA) is 58.9 Å². The zero-order valence-electron chi connectivity index (χ0n) is 13.3. The minimum absolute atomic E-state index is 0.00338. The van der Waals surface area contributed by atoms with E-state index in [0.29, 0.717) is 6.54 Å². The van der Waals surface area contributed by atoms with E-state index < -0.39 is 0 Å². The number of amides is 1. The summed E-state index contributed by atoms with van der Waals surface area (Å²) in [7, 11) is 0. The molecule has 0 bridgehead atoms.